The molecular formula is C19H22N3O2S+. The van der Waals surface area contributed by atoms with E-state index < -0.39 is 0 Å². The third-order valence-electron chi connectivity index (χ3n) is 3.85. The summed E-state index contributed by atoms with van der Waals surface area (Å²) in [5.41, 5.74) is 6.05. The smallest absolute Gasteiger partial charge is 0.254 e. The van der Waals surface area contributed by atoms with Crippen LogP contribution in [-0.2, 0) is 0 Å². The zero-order chi connectivity index (χ0) is 17.5. The lowest BCUT2D eigenvalue weighted by Gasteiger charge is -2.04. The fraction of sp³-hybridized carbons (Fsp3) is 0.263. The Morgan fingerprint density at radius 1 is 1.24 bits per heavy atom. The molecule has 5 nitrogen and oxygen atoms in total. The zero-order valence-corrected chi connectivity index (χ0v) is 15.1. The molecule has 0 aliphatic heterocycles. The summed E-state index contributed by atoms with van der Waals surface area (Å²) in [5.74, 6) is 2.07. The van der Waals surface area contributed by atoms with Gasteiger partial charge in [0, 0.05) is 5.57 Å². The first-order chi connectivity index (χ1) is 12.3. The van der Waals surface area contributed by atoms with Crippen molar-refractivity contribution in [2.24, 2.45) is 0 Å². The van der Waals surface area contributed by atoms with Crippen molar-refractivity contribution in [2.75, 3.05) is 13.7 Å². The third-order valence-corrected chi connectivity index (χ3v) is 4.71. The maximum atomic E-state index is 5.54. The minimum Gasteiger partial charge on any atom is -0.497 e. The highest BCUT2D eigenvalue weighted by Gasteiger charge is 2.13. The number of unbranched alkanes of at least 4 members (excludes halogenated alkanes) is 1. The van der Waals surface area contributed by atoms with Crippen molar-refractivity contribution < 1.29 is 15.0 Å². The monoisotopic (exact) mass is 356 g/mol. The summed E-state index contributed by atoms with van der Waals surface area (Å²) in [4.78, 5) is 5.60. The largest absolute Gasteiger partial charge is 0.497 e. The molecule has 0 aliphatic carbocycles. The van der Waals surface area contributed by atoms with Gasteiger partial charge in [-0.25, -0.2) is 0 Å². The second kappa shape index (κ2) is 8.60. The number of allylic oxidation sites excluding steroid dienone is 1. The fourth-order valence-corrected chi connectivity index (χ4v) is 3.14. The molecule has 0 saturated heterocycles. The average molecular weight is 356 g/mol. The molecular weight excluding hydrogens is 334 g/mol. The Kier molecular flexibility index (Phi) is 5.98. The molecule has 0 unspecified atom stereocenters. The van der Waals surface area contributed by atoms with Crippen molar-refractivity contribution in [1.82, 2.24) is 10.1 Å². The van der Waals surface area contributed by atoms with E-state index in [0.717, 1.165) is 47.6 Å². The Morgan fingerprint density at radius 3 is 2.76 bits per heavy atom. The Bertz CT molecular complexity index is 808. The molecule has 25 heavy (non-hydrogen) atoms. The number of quaternary nitrogens is 1. The van der Waals surface area contributed by atoms with Crippen LogP contribution in [0.15, 0.2) is 46.3 Å². The topological polar surface area (TPSA) is 75.8 Å². The van der Waals surface area contributed by atoms with Crippen LogP contribution in [0.25, 0.3) is 22.4 Å². The SMILES string of the molecule is COc1ccc(/C=C(\CCCC[NH3+])c2nc(-c3cccs3)no2)cc1. The first-order valence-electron chi connectivity index (χ1n) is 8.32. The molecule has 0 amide bonds. The van der Waals surface area contributed by atoms with E-state index in [0.29, 0.717) is 11.7 Å². The molecule has 0 aliphatic rings. The van der Waals surface area contributed by atoms with Gasteiger partial charge in [-0.05, 0) is 54.5 Å². The second-order valence-electron chi connectivity index (χ2n) is 5.65. The van der Waals surface area contributed by atoms with Gasteiger partial charge in [0.05, 0.1) is 18.5 Å². The molecule has 2 heterocycles. The Hall–Kier alpha value is -2.44. The van der Waals surface area contributed by atoms with E-state index in [1.54, 1.807) is 18.4 Å². The summed E-state index contributed by atoms with van der Waals surface area (Å²) >= 11 is 1.60. The van der Waals surface area contributed by atoms with Gasteiger partial charge in [-0.15, -0.1) is 11.3 Å². The molecule has 0 spiro atoms. The molecule has 3 aromatic rings. The first kappa shape index (κ1) is 17.4. The highest BCUT2D eigenvalue weighted by molar-refractivity contribution is 7.13. The van der Waals surface area contributed by atoms with Gasteiger partial charge in [-0.1, -0.05) is 23.4 Å². The summed E-state index contributed by atoms with van der Waals surface area (Å²) in [6.45, 7) is 0.931. The predicted molar refractivity (Wildman–Crippen MR) is 100 cm³/mol. The highest BCUT2D eigenvalue weighted by Crippen LogP contribution is 2.27. The van der Waals surface area contributed by atoms with Crippen molar-refractivity contribution in [2.45, 2.75) is 19.3 Å². The van der Waals surface area contributed by atoms with Gasteiger partial charge in [-0.3, -0.25) is 0 Å². The first-order valence-corrected chi connectivity index (χ1v) is 9.20. The molecule has 1 aromatic carbocycles. The van der Waals surface area contributed by atoms with Crippen LogP contribution in [0.1, 0.15) is 30.7 Å². The molecule has 3 rings (SSSR count). The lowest BCUT2D eigenvalue weighted by molar-refractivity contribution is -0.368. The molecule has 0 fully saturated rings. The van der Waals surface area contributed by atoms with Gasteiger partial charge in [0.15, 0.2) is 0 Å². The Labute approximate surface area is 151 Å². The maximum absolute atomic E-state index is 5.54. The third kappa shape index (κ3) is 4.55. The number of nitrogens with zero attached hydrogens (tertiary/aromatic N) is 2. The molecule has 0 atom stereocenters. The van der Waals surface area contributed by atoms with Crippen molar-refractivity contribution in [3.05, 3.63) is 53.2 Å². The van der Waals surface area contributed by atoms with Crippen LogP contribution < -0.4 is 10.5 Å². The van der Waals surface area contributed by atoms with Gasteiger partial charge in [0.2, 0.25) is 5.82 Å². The molecule has 0 bridgehead atoms. The number of aromatic nitrogens is 2. The molecule has 3 N–H and O–H groups in total. The van der Waals surface area contributed by atoms with Crippen LogP contribution in [0.4, 0.5) is 0 Å². The van der Waals surface area contributed by atoms with Gasteiger partial charge in [0.25, 0.3) is 5.89 Å². The predicted octanol–water partition coefficient (Wildman–Crippen LogP) is 3.76. The summed E-state index contributed by atoms with van der Waals surface area (Å²) in [6, 6.07) is 11.9. The number of rotatable bonds is 8. The number of thiophene rings is 1. The van der Waals surface area contributed by atoms with Gasteiger partial charge < -0.3 is 15.0 Å². The normalized spacial score (nSPS) is 11.7. The van der Waals surface area contributed by atoms with Gasteiger partial charge in [0.1, 0.15) is 5.75 Å². The molecule has 130 valence electrons. The lowest BCUT2D eigenvalue weighted by Crippen LogP contribution is -2.50. The summed E-state index contributed by atoms with van der Waals surface area (Å²) in [5, 5.41) is 6.14. The standard InChI is InChI=1S/C19H21N3O2S/c1-23-16-9-7-14(8-10-16)13-15(5-2-3-11-20)19-21-18(22-24-19)17-6-4-12-25-17/h4,6-10,12-13H,2-3,5,11,20H2,1H3/p+1/b15-13+. The Morgan fingerprint density at radius 2 is 2.08 bits per heavy atom. The second-order valence-corrected chi connectivity index (χ2v) is 6.60. The van der Waals surface area contributed by atoms with E-state index >= 15 is 0 Å². The van der Waals surface area contributed by atoms with Crippen LogP contribution in [0, 0.1) is 0 Å². The van der Waals surface area contributed by atoms with Crippen LogP contribution in [0.5, 0.6) is 5.75 Å². The van der Waals surface area contributed by atoms with E-state index in [4.69, 9.17) is 9.26 Å². The summed E-state index contributed by atoms with van der Waals surface area (Å²) < 4.78 is 10.8. The zero-order valence-electron chi connectivity index (χ0n) is 14.3. The van der Waals surface area contributed by atoms with Gasteiger partial charge in [-0.2, -0.15) is 4.98 Å². The number of hydrogen-bond acceptors (Lipinski definition) is 5. The van der Waals surface area contributed by atoms with Crippen LogP contribution >= 0.6 is 11.3 Å². The summed E-state index contributed by atoms with van der Waals surface area (Å²) in [6.07, 6.45) is 5.11. The van der Waals surface area contributed by atoms with Crippen molar-refractivity contribution in [3.63, 3.8) is 0 Å². The fourth-order valence-electron chi connectivity index (χ4n) is 2.49. The van der Waals surface area contributed by atoms with E-state index in [9.17, 15) is 0 Å². The van der Waals surface area contributed by atoms with Crippen molar-refractivity contribution >= 4 is 23.0 Å². The number of methoxy groups -OCH3 is 1. The minimum absolute atomic E-state index is 0.586. The highest BCUT2D eigenvalue weighted by atomic mass is 32.1. The molecule has 2 aromatic heterocycles. The van der Waals surface area contributed by atoms with E-state index in [1.807, 2.05) is 41.8 Å². The summed E-state index contributed by atoms with van der Waals surface area (Å²) in [7, 11) is 1.67. The van der Waals surface area contributed by atoms with E-state index in [1.165, 1.54) is 0 Å². The quantitative estimate of drug-likeness (QED) is 0.624. The van der Waals surface area contributed by atoms with Crippen molar-refractivity contribution in [3.8, 4) is 16.5 Å². The maximum Gasteiger partial charge on any atom is 0.254 e. The molecule has 0 saturated carbocycles. The van der Waals surface area contributed by atoms with Crippen LogP contribution in [-0.4, -0.2) is 23.8 Å². The van der Waals surface area contributed by atoms with Crippen molar-refractivity contribution in [1.29, 1.82) is 0 Å². The van der Waals surface area contributed by atoms with Crippen LogP contribution in [0.2, 0.25) is 0 Å². The van der Waals surface area contributed by atoms with E-state index in [-0.39, 0.29) is 0 Å². The minimum atomic E-state index is 0.586. The number of hydrogen-bond donors (Lipinski definition) is 1. The Balaban J connectivity index is 1.86. The number of ether oxygens (including phenoxy) is 1. The number of benzene rings is 1. The van der Waals surface area contributed by atoms with Crippen LogP contribution in [0.3, 0.4) is 0 Å². The van der Waals surface area contributed by atoms with E-state index in [2.05, 4.69) is 22.0 Å². The lowest BCUT2D eigenvalue weighted by atomic mass is 10.0. The van der Waals surface area contributed by atoms with Gasteiger partial charge >= 0.3 is 0 Å². The molecule has 0 radical (unpaired) electrons. The average Bonchev–Trinajstić information content (AvgIpc) is 3.33. The molecule has 6 heteroatoms.